The van der Waals surface area contributed by atoms with Crippen molar-refractivity contribution in [3.63, 3.8) is 0 Å². The van der Waals surface area contributed by atoms with Crippen LogP contribution >= 0.6 is 11.3 Å². The van der Waals surface area contributed by atoms with Crippen molar-refractivity contribution in [1.82, 2.24) is 0 Å². The molecule has 1 aromatic heterocycles. The highest BCUT2D eigenvalue weighted by Gasteiger charge is 2.12. The maximum atomic E-state index is 12.0. The second-order valence-corrected chi connectivity index (χ2v) is 6.53. The summed E-state index contributed by atoms with van der Waals surface area (Å²) in [5.74, 6) is 0.293. The molecule has 0 aliphatic rings. The molecule has 0 saturated heterocycles. The predicted molar refractivity (Wildman–Crippen MR) is 104 cm³/mol. The molecule has 0 saturated carbocycles. The molecule has 1 heterocycles. The van der Waals surface area contributed by atoms with Crippen molar-refractivity contribution in [3.8, 4) is 11.5 Å². The zero-order valence-corrected chi connectivity index (χ0v) is 15.2. The van der Waals surface area contributed by atoms with Crippen LogP contribution in [0.25, 0.3) is 0 Å². The Morgan fingerprint density at radius 3 is 2.26 bits per heavy atom. The van der Waals surface area contributed by atoms with E-state index >= 15 is 0 Å². The van der Waals surface area contributed by atoms with E-state index < -0.39 is 5.91 Å². The van der Waals surface area contributed by atoms with E-state index in [4.69, 9.17) is 15.2 Å². The molecule has 0 bridgehead atoms. The van der Waals surface area contributed by atoms with Crippen LogP contribution in [0.2, 0.25) is 0 Å². The minimum absolute atomic E-state index is 0.180. The third kappa shape index (κ3) is 5.32. The normalized spacial score (nSPS) is 10.2. The van der Waals surface area contributed by atoms with E-state index in [-0.39, 0.29) is 18.1 Å². The van der Waals surface area contributed by atoms with Crippen LogP contribution in [0.3, 0.4) is 0 Å². The molecule has 0 spiro atoms. The summed E-state index contributed by atoms with van der Waals surface area (Å²) >= 11 is 1.23. The number of hydrogen-bond acceptors (Lipinski definition) is 5. The zero-order chi connectivity index (χ0) is 19.1. The molecule has 3 N–H and O–H groups in total. The van der Waals surface area contributed by atoms with Crippen LogP contribution in [0.5, 0.6) is 11.5 Å². The van der Waals surface area contributed by atoms with Gasteiger partial charge in [-0.1, -0.05) is 30.3 Å². The van der Waals surface area contributed by atoms with Crippen LogP contribution in [0.1, 0.15) is 15.9 Å². The molecule has 2 amide bonds. The second kappa shape index (κ2) is 8.86. The predicted octanol–water partition coefficient (Wildman–Crippen LogP) is 3.44. The molecule has 138 valence electrons. The fourth-order valence-electron chi connectivity index (χ4n) is 2.28. The number of amides is 2. The fourth-order valence-corrected chi connectivity index (χ4v) is 3.09. The van der Waals surface area contributed by atoms with Gasteiger partial charge in [-0.05, 0) is 41.3 Å². The Balaban J connectivity index is 1.47. The number of rotatable bonds is 8. The van der Waals surface area contributed by atoms with Crippen LogP contribution in [-0.4, -0.2) is 18.4 Å². The van der Waals surface area contributed by atoms with Crippen LogP contribution in [-0.2, 0) is 11.4 Å². The van der Waals surface area contributed by atoms with E-state index in [1.54, 1.807) is 35.7 Å². The van der Waals surface area contributed by atoms with Crippen molar-refractivity contribution in [2.75, 3.05) is 11.9 Å². The van der Waals surface area contributed by atoms with Gasteiger partial charge in [0.05, 0.1) is 5.56 Å². The van der Waals surface area contributed by atoms with Gasteiger partial charge in [0.15, 0.2) is 6.61 Å². The number of hydrogen-bond donors (Lipinski definition) is 2. The third-order valence-corrected chi connectivity index (χ3v) is 4.46. The average Bonchev–Trinajstić information content (AvgIpc) is 3.15. The average molecular weight is 382 g/mol. The van der Waals surface area contributed by atoms with E-state index in [1.807, 2.05) is 30.3 Å². The molecule has 0 atom stereocenters. The summed E-state index contributed by atoms with van der Waals surface area (Å²) in [6.07, 6.45) is 0. The molecule has 0 fully saturated rings. The smallest absolute Gasteiger partial charge is 0.262 e. The summed E-state index contributed by atoms with van der Waals surface area (Å²) in [7, 11) is 0. The Labute approximate surface area is 160 Å². The van der Waals surface area contributed by atoms with E-state index in [1.165, 1.54) is 11.3 Å². The second-order valence-electron chi connectivity index (χ2n) is 5.61. The molecule has 0 radical (unpaired) electrons. The molecule has 0 unspecified atom stereocenters. The minimum Gasteiger partial charge on any atom is -0.489 e. The molecular formula is C20H18N2O4S. The number of primary amides is 1. The molecule has 0 aliphatic heterocycles. The first-order chi connectivity index (χ1) is 13.1. The Kier molecular flexibility index (Phi) is 6.06. The standard InChI is InChI=1S/C20H18N2O4S/c21-19(24)17-10-11-27-20(17)22-18(23)13-26-16-8-6-15(7-9-16)25-12-14-4-2-1-3-5-14/h1-11H,12-13H2,(H2,21,24)(H,22,23). The monoisotopic (exact) mass is 382 g/mol. The number of nitrogens with two attached hydrogens (primary N) is 1. The SMILES string of the molecule is NC(=O)c1ccsc1NC(=O)COc1ccc(OCc2ccccc2)cc1. The van der Waals surface area contributed by atoms with Gasteiger partial charge in [-0.15, -0.1) is 11.3 Å². The number of ether oxygens (including phenoxy) is 2. The molecule has 6 nitrogen and oxygen atoms in total. The molecule has 0 aliphatic carbocycles. The Bertz CT molecular complexity index is 907. The van der Waals surface area contributed by atoms with Crippen molar-refractivity contribution >= 4 is 28.2 Å². The molecule has 3 rings (SSSR count). The number of carbonyl (C=O) groups is 2. The minimum atomic E-state index is -0.585. The van der Waals surface area contributed by atoms with Gasteiger partial charge < -0.3 is 20.5 Å². The maximum absolute atomic E-state index is 12.0. The Morgan fingerprint density at radius 1 is 0.926 bits per heavy atom. The summed E-state index contributed by atoms with van der Waals surface area (Å²) in [6, 6.07) is 18.5. The van der Waals surface area contributed by atoms with Crippen LogP contribution < -0.4 is 20.5 Å². The van der Waals surface area contributed by atoms with Crippen LogP contribution in [0, 0.1) is 0 Å². The van der Waals surface area contributed by atoms with Crippen LogP contribution in [0.4, 0.5) is 5.00 Å². The summed E-state index contributed by atoms with van der Waals surface area (Å²) in [6.45, 7) is 0.298. The number of anilines is 1. The van der Waals surface area contributed by atoms with Gasteiger partial charge in [0.2, 0.25) is 0 Å². The van der Waals surface area contributed by atoms with Crippen molar-refractivity contribution in [1.29, 1.82) is 0 Å². The highest BCUT2D eigenvalue weighted by atomic mass is 32.1. The summed E-state index contributed by atoms with van der Waals surface area (Å²) in [5.41, 5.74) is 6.62. The lowest BCUT2D eigenvalue weighted by Crippen LogP contribution is -2.21. The van der Waals surface area contributed by atoms with Gasteiger partial charge in [0, 0.05) is 0 Å². The molecule has 27 heavy (non-hydrogen) atoms. The quantitative estimate of drug-likeness (QED) is 0.624. The highest BCUT2D eigenvalue weighted by Crippen LogP contribution is 2.23. The van der Waals surface area contributed by atoms with E-state index in [9.17, 15) is 9.59 Å². The van der Waals surface area contributed by atoms with Crippen molar-refractivity contribution in [3.05, 3.63) is 77.2 Å². The van der Waals surface area contributed by atoms with Crippen molar-refractivity contribution in [2.24, 2.45) is 5.73 Å². The first kappa shape index (κ1) is 18.5. The van der Waals surface area contributed by atoms with Crippen LogP contribution in [0.15, 0.2) is 66.0 Å². The lowest BCUT2D eigenvalue weighted by Gasteiger charge is -2.09. The van der Waals surface area contributed by atoms with E-state index in [2.05, 4.69) is 5.32 Å². The van der Waals surface area contributed by atoms with Gasteiger partial charge in [-0.25, -0.2) is 0 Å². The number of thiophene rings is 1. The van der Waals surface area contributed by atoms with Crippen molar-refractivity contribution < 1.29 is 19.1 Å². The zero-order valence-electron chi connectivity index (χ0n) is 14.4. The molecular weight excluding hydrogens is 364 g/mol. The van der Waals surface area contributed by atoms with Crippen molar-refractivity contribution in [2.45, 2.75) is 6.61 Å². The first-order valence-corrected chi connectivity index (χ1v) is 9.06. The number of carbonyl (C=O) groups excluding carboxylic acids is 2. The summed E-state index contributed by atoms with van der Waals surface area (Å²) < 4.78 is 11.2. The molecule has 3 aromatic rings. The summed E-state index contributed by atoms with van der Waals surface area (Å²) in [4.78, 5) is 23.2. The largest absolute Gasteiger partial charge is 0.489 e. The van der Waals surface area contributed by atoms with E-state index in [0.29, 0.717) is 23.1 Å². The lowest BCUT2D eigenvalue weighted by atomic mass is 10.2. The first-order valence-electron chi connectivity index (χ1n) is 8.18. The topological polar surface area (TPSA) is 90.7 Å². The Hall–Kier alpha value is -3.32. The Morgan fingerprint density at radius 2 is 1.59 bits per heavy atom. The lowest BCUT2D eigenvalue weighted by molar-refractivity contribution is -0.118. The molecule has 7 heteroatoms. The third-order valence-electron chi connectivity index (χ3n) is 3.63. The van der Waals surface area contributed by atoms with Gasteiger partial charge in [0.25, 0.3) is 11.8 Å². The van der Waals surface area contributed by atoms with Gasteiger partial charge in [0.1, 0.15) is 23.1 Å². The summed E-state index contributed by atoms with van der Waals surface area (Å²) in [5, 5.41) is 4.72. The number of nitrogens with one attached hydrogen (secondary N) is 1. The maximum Gasteiger partial charge on any atom is 0.262 e. The fraction of sp³-hybridized carbons (Fsp3) is 0.100. The molecule has 2 aromatic carbocycles. The highest BCUT2D eigenvalue weighted by molar-refractivity contribution is 7.14. The van der Waals surface area contributed by atoms with Gasteiger partial charge in [-0.3, -0.25) is 9.59 Å². The van der Waals surface area contributed by atoms with Gasteiger partial charge in [-0.2, -0.15) is 0 Å². The van der Waals surface area contributed by atoms with Gasteiger partial charge >= 0.3 is 0 Å². The number of benzene rings is 2. The van der Waals surface area contributed by atoms with E-state index in [0.717, 1.165) is 5.56 Å².